The van der Waals surface area contributed by atoms with Crippen LogP contribution in [0.15, 0.2) is 17.3 Å². The van der Waals surface area contributed by atoms with Gasteiger partial charge in [0.1, 0.15) is 0 Å². The molecule has 0 amide bonds. The van der Waals surface area contributed by atoms with Crippen molar-refractivity contribution in [3.63, 3.8) is 0 Å². The molecule has 0 bridgehead atoms. The first-order valence-corrected chi connectivity index (χ1v) is 4.36. The van der Waals surface area contributed by atoms with Gasteiger partial charge in [-0.1, -0.05) is 0 Å². The number of nitrogens with zero attached hydrogens (tertiary/aromatic N) is 3. The van der Waals surface area contributed by atoms with Crippen LogP contribution in [-0.2, 0) is 6.54 Å². The van der Waals surface area contributed by atoms with E-state index in [1.807, 2.05) is 30.8 Å². The van der Waals surface area contributed by atoms with E-state index in [4.69, 9.17) is 5.73 Å². The van der Waals surface area contributed by atoms with Gasteiger partial charge in [0, 0.05) is 25.4 Å². The highest BCUT2D eigenvalue weighted by atomic mass is 15.3. The molecule has 0 atom stereocenters. The van der Waals surface area contributed by atoms with Crippen LogP contribution in [0.5, 0.6) is 0 Å². The number of rotatable bonds is 3. The summed E-state index contributed by atoms with van der Waals surface area (Å²) in [6.07, 6.45) is 1.89. The molecule has 0 saturated carbocycles. The van der Waals surface area contributed by atoms with Gasteiger partial charge < -0.3 is 11.1 Å². The Morgan fingerprint density at radius 1 is 1.69 bits per heavy atom. The molecule has 13 heavy (non-hydrogen) atoms. The Bertz CT molecular complexity index is 288. The van der Waals surface area contributed by atoms with Crippen molar-refractivity contribution in [1.82, 2.24) is 9.78 Å². The number of nitrogens with two attached hydrogens (primary N) is 1. The minimum Gasteiger partial charge on any atom is -0.370 e. The van der Waals surface area contributed by atoms with E-state index in [9.17, 15) is 0 Å². The van der Waals surface area contributed by atoms with E-state index < -0.39 is 0 Å². The molecule has 1 aromatic heterocycles. The number of aromatic nitrogens is 2. The average molecular weight is 181 g/mol. The fourth-order valence-corrected chi connectivity index (χ4v) is 0.946. The largest absolute Gasteiger partial charge is 0.370 e. The van der Waals surface area contributed by atoms with Crippen molar-refractivity contribution in [2.24, 2.45) is 10.7 Å². The van der Waals surface area contributed by atoms with E-state index >= 15 is 0 Å². The van der Waals surface area contributed by atoms with Crippen molar-refractivity contribution < 1.29 is 0 Å². The van der Waals surface area contributed by atoms with Crippen LogP contribution in [0.4, 0.5) is 5.82 Å². The molecule has 0 aliphatic carbocycles. The second-order valence-corrected chi connectivity index (χ2v) is 2.54. The molecule has 1 aromatic rings. The topological polar surface area (TPSA) is 68.2 Å². The molecule has 0 radical (unpaired) electrons. The van der Waals surface area contributed by atoms with Crippen LogP contribution in [0, 0.1) is 0 Å². The molecule has 0 aliphatic heterocycles. The van der Waals surface area contributed by atoms with Gasteiger partial charge in [-0.05, 0) is 13.8 Å². The Labute approximate surface area is 77.6 Å². The highest BCUT2D eigenvalue weighted by molar-refractivity contribution is 5.91. The van der Waals surface area contributed by atoms with Gasteiger partial charge in [-0.2, -0.15) is 5.10 Å². The molecule has 5 nitrogen and oxygen atoms in total. The zero-order chi connectivity index (χ0) is 9.68. The minimum absolute atomic E-state index is 0.406. The summed E-state index contributed by atoms with van der Waals surface area (Å²) in [4.78, 5) is 3.99. The summed E-state index contributed by atoms with van der Waals surface area (Å²) in [7, 11) is 0. The minimum atomic E-state index is 0.406. The van der Waals surface area contributed by atoms with Gasteiger partial charge in [0.25, 0.3) is 0 Å². The van der Waals surface area contributed by atoms with Crippen molar-refractivity contribution in [1.29, 1.82) is 0 Å². The first-order chi connectivity index (χ1) is 6.26. The predicted molar refractivity (Wildman–Crippen MR) is 53.7 cm³/mol. The summed E-state index contributed by atoms with van der Waals surface area (Å²) in [5.41, 5.74) is 5.56. The lowest BCUT2D eigenvalue weighted by atomic mass is 10.6. The standard InChI is InChI=1S/C8H15N5/c1-3-10-8(9)11-7-5-6-13(4-2)12-7/h5-6H,3-4H2,1-2H3,(H3,9,10,11,12). The maximum atomic E-state index is 5.56. The second-order valence-electron chi connectivity index (χ2n) is 2.54. The third kappa shape index (κ3) is 2.77. The maximum Gasteiger partial charge on any atom is 0.194 e. The van der Waals surface area contributed by atoms with Gasteiger partial charge >= 0.3 is 0 Å². The summed E-state index contributed by atoms with van der Waals surface area (Å²) in [5, 5.41) is 7.09. The van der Waals surface area contributed by atoms with E-state index in [2.05, 4.69) is 15.4 Å². The molecule has 0 spiro atoms. The van der Waals surface area contributed by atoms with Gasteiger partial charge in [0.15, 0.2) is 11.8 Å². The summed E-state index contributed by atoms with van der Waals surface area (Å²) >= 11 is 0. The molecule has 0 aromatic carbocycles. The predicted octanol–water partition coefficient (Wildman–Crippen LogP) is 0.649. The lowest BCUT2D eigenvalue weighted by Gasteiger charge is -2.00. The fourth-order valence-electron chi connectivity index (χ4n) is 0.946. The van der Waals surface area contributed by atoms with E-state index in [0.717, 1.165) is 12.4 Å². The molecule has 72 valence electrons. The van der Waals surface area contributed by atoms with Crippen LogP contribution >= 0.6 is 0 Å². The lowest BCUT2D eigenvalue weighted by molar-refractivity contribution is 0.662. The number of nitrogens with one attached hydrogen (secondary N) is 1. The summed E-state index contributed by atoms with van der Waals surface area (Å²) < 4.78 is 1.82. The first-order valence-electron chi connectivity index (χ1n) is 4.36. The Hall–Kier alpha value is -1.52. The maximum absolute atomic E-state index is 5.56. The third-order valence-corrected chi connectivity index (χ3v) is 1.55. The fraction of sp³-hybridized carbons (Fsp3) is 0.500. The number of guanidine groups is 1. The van der Waals surface area contributed by atoms with E-state index in [0.29, 0.717) is 12.5 Å². The number of anilines is 1. The summed E-state index contributed by atoms with van der Waals surface area (Å²) in [6, 6.07) is 1.86. The van der Waals surface area contributed by atoms with Gasteiger partial charge in [-0.25, -0.2) is 0 Å². The van der Waals surface area contributed by atoms with Gasteiger partial charge in [0.05, 0.1) is 0 Å². The van der Waals surface area contributed by atoms with Crippen molar-refractivity contribution in [2.75, 3.05) is 11.9 Å². The second kappa shape index (κ2) is 4.49. The van der Waals surface area contributed by atoms with Crippen LogP contribution in [0.1, 0.15) is 13.8 Å². The van der Waals surface area contributed by atoms with Crippen LogP contribution in [0.3, 0.4) is 0 Å². The Balaban J connectivity index is 2.58. The number of aryl methyl sites for hydroxylation is 1. The molecule has 0 fully saturated rings. The van der Waals surface area contributed by atoms with E-state index in [-0.39, 0.29) is 0 Å². The van der Waals surface area contributed by atoms with Crippen molar-refractivity contribution >= 4 is 11.8 Å². The number of hydrogen-bond acceptors (Lipinski definition) is 2. The Morgan fingerprint density at radius 3 is 3.00 bits per heavy atom. The Morgan fingerprint density at radius 2 is 2.46 bits per heavy atom. The summed E-state index contributed by atoms with van der Waals surface area (Å²) in [5.74, 6) is 1.14. The molecule has 0 aliphatic rings. The zero-order valence-corrected chi connectivity index (χ0v) is 7.99. The average Bonchev–Trinajstić information content (AvgIpc) is 2.52. The Kier molecular flexibility index (Phi) is 3.31. The summed E-state index contributed by atoms with van der Waals surface area (Å²) in [6.45, 7) is 5.49. The van der Waals surface area contributed by atoms with Crippen molar-refractivity contribution in [2.45, 2.75) is 20.4 Å². The normalized spacial score (nSPS) is 11.7. The monoisotopic (exact) mass is 181 g/mol. The first kappa shape index (κ1) is 9.57. The SMILES string of the molecule is CCN=C(N)Nc1ccn(CC)n1. The van der Waals surface area contributed by atoms with Gasteiger partial charge in [-0.15, -0.1) is 0 Å². The van der Waals surface area contributed by atoms with Crippen LogP contribution in [0.2, 0.25) is 0 Å². The highest BCUT2D eigenvalue weighted by Crippen LogP contribution is 2.00. The van der Waals surface area contributed by atoms with Crippen molar-refractivity contribution in [3.8, 4) is 0 Å². The highest BCUT2D eigenvalue weighted by Gasteiger charge is 1.97. The number of aliphatic imine (C=N–C) groups is 1. The van der Waals surface area contributed by atoms with Crippen LogP contribution < -0.4 is 11.1 Å². The quantitative estimate of drug-likeness (QED) is 0.531. The molecule has 0 unspecified atom stereocenters. The molecule has 5 heteroatoms. The molecule has 3 N–H and O–H groups in total. The molecule has 1 heterocycles. The van der Waals surface area contributed by atoms with E-state index in [1.54, 1.807) is 0 Å². The van der Waals surface area contributed by atoms with Crippen molar-refractivity contribution in [3.05, 3.63) is 12.3 Å². The van der Waals surface area contributed by atoms with Crippen LogP contribution in [0.25, 0.3) is 0 Å². The third-order valence-electron chi connectivity index (χ3n) is 1.55. The zero-order valence-electron chi connectivity index (χ0n) is 7.99. The smallest absolute Gasteiger partial charge is 0.194 e. The molecule has 1 rings (SSSR count). The van der Waals surface area contributed by atoms with Gasteiger partial charge in [0.2, 0.25) is 0 Å². The lowest BCUT2D eigenvalue weighted by Crippen LogP contribution is -2.23. The van der Waals surface area contributed by atoms with Crippen LogP contribution in [-0.4, -0.2) is 22.3 Å². The van der Waals surface area contributed by atoms with E-state index in [1.165, 1.54) is 0 Å². The van der Waals surface area contributed by atoms with Gasteiger partial charge in [-0.3, -0.25) is 9.67 Å². The molecular formula is C8H15N5. The number of hydrogen-bond donors (Lipinski definition) is 2. The molecule has 0 saturated heterocycles. The molecular weight excluding hydrogens is 166 g/mol.